The van der Waals surface area contributed by atoms with Crippen LogP contribution >= 0.6 is 12.4 Å². The van der Waals surface area contributed by atoms with Gasteiger partial charge in [0, 0.05) is 20.6 Å². The maximum Gasteiger partial charge on any atom is 0.172 e. The highest BCUT2D eigenvalue weighted by molar-refractivity contribution is 5.85. The molecule has 1 aromatic carbocycles. The van der Waals surface area contributed by atoms with Crippen LogP contribution in [0.25, 0.3) is 11.0 Å². The Labute approximate surface area is 131 Å². The van der Waals surface area contributed by atoms with Crippen LogP contribution in [-0.4, -0.2) is 43.7 Å². The van der Waals surface area contributed by atoms with Gasteiger partial charge in [-0.05, 0) is 37.6 Å². The molecule has 1 aliphatic heterocycles. The highest BCUT2D eigenvalue weighted by Gasteiger charge is 2.19. The number of nitrogens with zero attached hydrogens (tertiary/aromatic N) is 3. The lowest BCUT2D eigenvalue weighted by Crippen LogP contribution is -2.28. The Bertz CT molecular complexity index is 598. The van der Waals surface area contributed by atoms with Crippen molar-refractivity contribution >= 4 is 35.1 Å². The van der Waals surface area contributed by atoms with Crippen LogP contribution in [0.2, 0.25) is 0 Å². The fourth-order valence-electron chi connectivity index (χ4n) is 2.77. The van der Waals surface area contributed by atoms with E-state index in [0.717, 1.165) is 42.3 Å². The van der Waals surface area contributed by atoms with Crippen LogP contribution in [0.3, 0.4) is 0 Å². The number of anilines is 2. The number of halogens is 1. The summed E-state index contributed by atoms with van der Waals surface area (Å²) in [6.07, 6.45) is 1.24. The maximum absolute atomic E-state index is 4.77. The predicted octanol–water partition coefficient (Wildman–Crippen LogP) is 2.14. The van der Waals surface area contributed by atoms with Crippen molar-refractivity contribution in [3.05, 3.63) is 24.3 Å². The molecule has 1 atom stereocenters. The molecule has 1 fully saturated rings. The number of fused-ring (bicyclic) bond motifs is 1. The summed E-state index contributed by atoms with van der Waals surface area (Å²) in [6.45, 7) is 3.23. The number of rotatable bonds is 4. The number of nitrogens with one attached hydrogen (secondary N) is 2. The Kier molecular flexibility index (Phi) is 5.20. The third kappa shape index (κ3) is 3.36. The highest BCUT2D eigenvalue weighted by atomic mass is 35.5. The van der Waals surface area contributed by atoms with Crippen LogP contribution in [0.15, 0.2) is 24.3 Å². The molecule has 1 aliphatic rings. The Hall–Kier alpha value is -1.59. The minimum absolute atomic E-state index is 0. The molecule has 2 aromatic rings. The standard InChI is InChI=1S/C15H21N5.ClH/c1-16-14-15(20(2)10-11-7-8-17-9-11)19-13-6-4-3-5-12(13)18-14;/h3-6,11,17H,7-10H2,1-2H3,(H,16,18);1H. The number of hydrogen-bond acceptors (Lipinski definition) is 5. The largest absolute Gasteiger partial charge is 0.370 e. The number of para-hydroxylation sites is 2. The van der Waals surface area contributed by atoms with E-state index in [2.05, 4.69) is 27.6 Å². The number of hydrogen-bond donors (Lipinski definition) is 2. The van der Waals surface area contributed by atoms with Gasteiger partial charge in [-0.25, -0.2) is 9.97 Å². The van der Waals surface area contributed by atoms with E-state index in [-0.39, 0.29) is 12.4 Å². The van der Waals surface area contributed by atoms with E-state index in [1.54, 1.807) is 0 Å². The van der Waals surface area contributed by atoms with E-state index >= 15 is 0 Å². The first kappa shape index (κ1) is 15.8. The van der Waals surface area contributed by atoms with Gasteiger partial charge in [-0.15, -0.1) is 12.4 Å². The Morgan fingerprint density at radius 3 is 2.62 bits per heavy atom. The molecule has 0 spiro atoms. The topological polar surface area (TPSA) is 53.1 Å². The molecule has 2 heterocycles. The van der Waals surface area contributed by atoms with Gasteiger partial charge in [0.05, 0.1) is 11.0 Å². The van der Waals surface area contributed by atoms with Crippen molar-refractivity contribution in [2.24, 2.45) is 5.92 Å². The molecule has 0 amide bonds. The van der Waals surface area contributed by atoms with Crippen molar-refractivity contribution in [1.82, 2.24) is 15.3 Å². The SMILES string of the molecule is CNc1nc2ccccc2nc1N(C)CC1CCNC1.Cl. The molecule has 0 bridgehead atoms. The van der Waals surface area contributed by atoms with Gasteiger partial charge in [-0.2, -0.15) is 0 Å². The van der Waals surface area contributed by atoms with Gasteiger partial charge < -0.3 is 15.5 Å². The second-order valence-electron chi connectivity index (χ2n) is 5.37. The van der Waals surface area contributed by atoms with Crippen LogP contribution in [0.4, 0.5) is 11.6 Å². The fourth-order valence-corrected chi connectivity index (χ4v) is 2.77. The Morgan fingerprint density at radius 2 is 2.00 bits per heavy atom. The average molecular weight is 308 g/mol. The van der Waals surface area contributed by atoms with Crippen LogP contribution in [0.5, 0.6) is 0 Å². The molecule has 1 unspecified atom stereocenters. The van der Waals surface area contributed by atoms with Gasteiger partial charge in [0.25, 0.3) is 0 Å². The monoisotopic (exact) mass is 307 g/mol. The van der Waals surface area contributed by atoms with Crippen molar-refractivity contribution in [2.45, 2.75) is 6.42 Å². The molecular weight excluding hydrogens is 286 g/mol. The van der Waals surface area contributed by atoms with Crippen molar-refractivity contribution in [2.75, 3.05) is 43.9 Å². The van der Waals surface area contributed by atoms with Gasteiger partial charge >= 0.3 is 0 Å². The van der Waals surface area contributed by atoms with Crippen molar-refractivity contribution in [3.63, 3.8) is 0 Å². The Balaban J connectivity index is 0.00000161. The molecule has 0 radical (unpaired) electrons. The minimum Gasteiger partial charge on any atom is -0.370 e. The summed E-state index contributed by atoms with van der Waals surface area (Å²) in [7, 11) is 3.99. The summed E-state index contributed by atoms with van der Waals surface area (Å²) < 4.78 is 0. The van der Waals surface area contributed by atoms with E-state index in [1.807, 2.05) is 31.3 Å². The average Bonchev–Trinajstić information content (AvgIpc) is 2.98. The van der Waals surface area contributed by atoms with Crippen LogP contribution in [0.1, 0.15) is 6.42 Å². The lowest BCUT2D eigenvalue weighted by molar-refractivity contribution is 0.576. The zero-order valence-electron chi connectivity index (χ0n) is 12.5. The highest BCUT2D eigenvalue weighted by Crippen LogP contribution is 2.25. The lowest BCUT2D eigenvalue weighted by Gasteiger charge is -2.23. The summed E-state index contributed by atoms with van der Waals surface area (Å²) in [5.41, 5.74) is 1.87. The molecule has 2 N–H and O–H groups in total. The maximum atomic E-state index is 4.77. The molecule has 0 saturated carbocycles. The van der Waals surface area contributed by atoms with E-state index in [9.17, 15) is 0 Å². The first-order valence-corrected chi connectivity index (χ1v) is 7.14. The van der Waals surface area contributed by atoms with Crippen LogP contribution in [0, 0.1) is 5.92 Å². The van der Waals surface area contributed by atoms with Crippen molar-refractivity contribution in [3.8, 4) is 0 Å². The summed E-state index contributed by atoms with van der Waals surface area (Å²) in [5.74, 6) is 2.47. The van der Waals surface area contributed by atoms with E-state index in [4.69, 9.17) is 4.98 Å². The minimum atomic E-state index is 0. The second kappa shape index (κ2) is 6.91. The molecular formula is C15H22ClN5. The van der Waals surface area contributed by atoms with Crippen molar-refractivity contribution < 1.29 is 0 Å². The predicted molar refractivity (Wildman–Crippen MR) is 90.6 cm³/mol. The van der Waals surface area contributed by atoms with Gasteiger partial charge in [-0.3, -0.25) is 0 Å². The van der Waals surface area contributed by atoms with E-state index < -0.39 is 0 Å². The normalized spacial score (nSPS) is 17.5. The first-order chi connectivity index (χ1) is 9.78. The summed E-state index contributed by atoms with van der Waals surface area (Å²) in [4.78, 5) is 11.6. The van der Waals surface area contributed by atoms with Gasteiger partial charge in [0.15, 0.2) is 11.6 Å². The van der Waals surface area contributed by atoms with Crippen LogP contribution < -0.4 is 15.5 Å². The third-order valence-electron chi connectivity index (χ3n) is 3.84. The molecule has 1 aromatic heterocycles. The third-order valence-corrected chi connectivity index (χ3v) is 3.84. The van der Waals surface area contributed by atoms with Crippen LogP contribution in [-0.2, 0) is 0 Å². The number of benzene rings is 1. The fraction of sp³-hybridized carbons (Fsp3) is 0.467. The lowest BCUT2D eigenvalue weighted by atomic mass is 10.1. The molecule has 0 aliphatic carbocycles. The van der Waals surface area contributed by atoms with Gasteiger partial charge in [-0.1, -0.05) is 12.1 Å². The van der Waals surface area contributed by atoms with Gasteiger partial charge in [0.1, 0.15) is 0 Å². The molecule has 1 saturated heterocycles. The summed E-state index contributed by atoms with van der Waals surface area (Å²) in [5, 5.41) is 6.57. The zero-order chi connectivity index (χ0) is 13.9. The molecule has 21 heavy (non-hydrogen) atoms. The molecule has 114 valence electrons. The first-order valence-electron chi connectivity index (χ1n) is 7.14. The zero-order valence-corrected chi connectivity index (χ0v) is 13.3. The van der Waals surface area contributed by atoms with E-state index in [1.165, 1.54) is 6.42 Å². The summed E-state index contributed by atoms with van der Waals surface area (Å²) in [6, 6.07) is 7.99. The van der Waals surface area contributed by atoms with Gasteiger partial charge in [0.2, 0.25) is 0 Å². The molecule has 5 nitrogen and oxygen atoms in total. The molecule has 3 rings (SSSR count). The second-order valence-corrected chi connectivity index (χ2v) is 5.37. The Morgan fingerprint density at radius 1 is 1.29 bits per heavy atom. The number of aromatic nitrogens is 2. The summed E-state index contributed by atoms with van der Waals surface area (Å²) >= 11 is 0. The molecule has 6 heteroatoms. The van der Waals surface area contributed by atoms with Crippen molar-refractivity contribution in [1.29, 1.82) is 0 Å². The smallest absolute Gasteiger partial charge is 0.172 e. The quantitative estimate of drug-likeness (QED) is 0.906. The van der Waals surface area contributed by atoms with E-state index in [0.29, 0.717) is 5.92 Å².